The summed E-state index contributed by atoms with van der Waals surface area (Å²) in [6.45, 7) is 7.58. The Morgan fingerprint density at radius 2 is 1.91 bits per heavy atom. The molecule has 1 fully saturated rings. The fraction of sp³-hybridized carbons (Fsp3) is 0.333. The lowest BCUT2D eigenvalue weighted by Gasteiger charge is -2.15. The largest absolute Gasteiger partial charge is 0.563 e. The molecule has 1 amide bonds. The summed E-state index contributed by atoms with van der Waals surface area (Å²) in [5.41, 5.74) is 0.875. The van der Waals surface area contributed by atoms with E-state index in [1.165, 1.54) is 0 Å². The second-order valence-electron chi connectivity index (χ2n) is 5.57. The molecule has 0 aromatic heterocycles. The Labute approximate surface area is 129 Å². The predicted molar refractivity (Wildman–Crippen MR) is 82.7 cm³/mol. The molecule has 0 aliphatic carbocycles. The van der Waals surface area contributed by atoms with Gasteiger partial charge < -0.3 is 19.7 Å². The van der Waals surface area contributed by atoms with Gasteiger partial charge in [0.05, 0.1) is 12.2 Å². The molecule has 1 saturated heterocycles. The highest BCUT2D eigenvalue weighted by Crippen LogP contribution is 2.29. The number of aliphatic carboxylic acids is 1. The molecule has 0 bridgehead atoms. The van der Waals surface area contributed by atoms with E-state index in [2.05, 4.69) is 11.9 Å². The van der Waals surface area contributed by atoms with Crippen molar-refractivity contribution < 1.29 is 24.0 Å². The zero-order valence-electron chi connectivity index (χ0n) is 12.6. The molecule has 2 rings (SSSR count). The highest BCUT2D eigenvalue weighted by atomic mass is 16.7. The fourth-order valence-electron chi connectivity index (χ4n) is 1.93. The summed E-state index contributed by atoms with van der Waals surface area (Å²) < 4.78 is 11.3. The monoisotopic (exact) mass is 303 g/mol. The number of anilines is 1. The first-order chi connectivity index (χ1) is 10.3. The van der Waals surface area contributed by atoms with Gasteiger partial charge in [0.2, 0.25) is 5.91 Å². The molecule has 1 aromatic carbocycles. The van der Waals surface area contributed by atoms with Crippen LogP contribution >= 0.6 is 0 Å². The van der Waals surface area contributed by atoms with Gasteiger partial charge in [0.15, 0.2) is 0 Å². The number of carboxylic acids is 1. The first kappa shape index (κ1) is 16.1. The van der Waals surface area contributed by atoms with Gasteiger partial charge in [-0.2, -0.15) is 0 Å². The number of carbonyl (C=O) groups excluding carboxylic acids is 1. The van der Waals surface area contributed by atoms with Gasteiger partial charge in [-0.25, -0.2) is 0 Å². The summed E-state index contributed by atoms with van der Waals surface area (Å²) >= 11 is 0. The van der Waals surface area contributed by atoms with E-state index in [-0.39, 0.29) is 18.7 Å². The molecule has 1 aromatic rings. The van der Waals surface area contributed by atoms with Gasteiger partial charge in [-0.15, -0.1) is 0 Å². The third-order valence-corrected chi connectivity index (χ3v) is 3.36. The van der Waals surface area contributed by atoms with E-state index in [1.54, 1.807) is 24.3 Å². The number of rotatable bonds is 5. The summed E-state index contributed by atoms with van der Waals surface area (Å²) in [6, 6.07) is 7.00. The third-order valence-electron chi connectivity index (χ3n) is 3.36. The minimum atomic E-state index is -0.996. The van der Waals surface area contributed by atoms with Crippen molar-refractivity contribution in [3.05, 3.63) is 36.6 Å². The molecule has 0 atom stereocenters. The summed E-state index contributed by atoms with van der Waals surface area (Å²) in [5, 5.41) is 11.2. The highest BCUT2D eigenvalue weighted by molar-refractivity contribution is 6.62. The molecule has 2 N–H and O–H groups in total. The van der Waals surface area contributed by atoms with Crippen LogP contribution in [0.3, 0.4) is 0 Å². The zero-order valence-corrected chi connectivity index (χ0v) is 12.6. The summed E-state index contributed by atoms with van der Waals surface area (Å²) in [6.07, 6.45) is -0.245. The number of benzene rings is 1. The van der Waals surface area contributed by atoms with E-state index < -0.39 is 18.7 Å². The van der Waals surface area contributed by atoms with Gasteiger partial charge in [0, 0.05) is 12.1 Å². The molecular formula is C15H18BNO5. The lowest BCUT2D eigenvalue weighted by molar-refractivity contribution is -0.138. The van der Waals surface area contributed by atoms with Gasteiger partial charge in [-0.05, 0) is 31.4 Å². The summed E-state index contributed by atoms with van der Waals surface area (Å²) in [5.74, 6) is -0.759. The maximum absolute atomic E-state index is 11.6. The smallest absolute Gasteiger partial charge is 0.534 e. The van der Waals surface area contributed by atoms with Crippen LogP contribution in [-0.2, 0) is 18.9 Å². The van der Waals surface area contributed by atoms with E-state index in [4.69, 9.17) is 14.4 Å². The van der Waals surface area contributed by atoms with Gasteiger partial charge in [-0.1, -0.05) is 18.7 Å². The average Bonchev–Trinajstić information content (AvgIpc) is 2.71. The van der Waals surface area contributed by atoms with Crippen molar-refractivity contribution in [2.24, 2.45) is 0 Å². The van der Waals surface area contributed by atoms with Crippen molar-refractivity contribution in [1.82, 2.24) is 0 Å². The molecule has 116 valence electrons. The minimum Gasteiger partial charge on any atom is -0.534 e. The Hall–Kier alpha value is -2.28. The molecule has 6 nitrogen and oxygen atoms in total. The minimum absolute atomic E-state index is 0.0556. The molecule has 1 heterocycles. The Bertz CT molecular complexity index is 596. The molecule has 0 unspecified atom stereocenters. The van der Waals surface area contributed by atoms with Crippen molar-refractivity contribution in [3.63, 3.8) is 0 Å². The summed E-state index contributed by atoms with van der Waals surface area (Å²) in [7, 11) is -0.515. The maximum Gasteiger partial charge on any atom is 0.563 e. The normalized spacial score (nSPS) is 16.3. The number of carboxylic acid groups (broad SMARTS) is 1. The Kier molecular flexibility index (Phi) is 4.56. The molecule has 22 heavy (non-hydrogen) atoms. The van der Waals surface area contributed by atoms with Crippen LogP contribution in [0, 0.1) is 0 Å². The van der Waals surface area contributed by atoms with Crippen LogP contribution < -0.4 is 10.8 Å². The third kappa shape index (κ3) is 3.88. The average molecular weight is 303 g/mol. The van der Waals surface area contributed by atoms with Crippen LogP contribution in [-0.4, -0.2) is 29.7 Å². The zero-order chi connectivity index (χ0) is 16.3. The van der Waals surface area contributed by atoms with E-state index in [0.717, 1.165) is 5.46 Å². The Balaban J connectivity index is 1.95. The van der Waals surface area contributed by atoms with E-state index in [1.807, 2.05) is 13.8 Å². The quantitative estimate of drug-likeness (QED) is 0.806. The standard InChI is InChI=1S/C15H18BNO5/c1-10-15(2,3)22-16(21-10)11-4-6-12(7-5-11)17-13(18)8-9-14(19)20/h4-7H,1,8-9H2,2-3H3,(H,17,18)(H,19,20). The van der Waals surface area contributed by atoms with Gasteiger partial charge in [-0.3, -0.25) is 9.59 Å². The lowest BCUT2D eigenvalue weighted by atomic mass is 9.79. The first-order valence-corrected chi connectivity index (χ1v) is 6.93. The Morgan fingerprint density at radius 1 is 1.27 bits per heavy atom. The maximum atomic E-state index is 11.6. The van der Waals surface area contributed by atoms with Crippen LogP contribution in [0.15, 0.2) is 36.6 Å². The summed E-state index contributed by atoms with van der Waals surface area (Å²) in [4.78, 5) is 22.0. The highest BCUT2D eigenvalue weighted by Gasteiger charge is 2.42. The van der Waals surface area contributed by atoms with Gasteiger partial charge in [0.1, 0.15) is 5.60 Å². The van der Waals surface area contributed by atoms with E-state index >= 15 is 0 Å². The van der Waals surface area contributed by atoms with E-state index in [9.17, 15) is 9.59 Å². The van der Waals surface area contributed by atoms with Crippen molar-refractivity contribution in [3.8, 4) is 0 Å². The van der Waals surface area contributed by atoms with Crippen LogP contribution in [0.4, 0.5) is 5.69 Å². The number of nitrogens with one attached hydrogen (secondary N) is 1. The van der Waals surface area contributed by atoms with Gasteiger partial charge >= 0.3 is 13.1 Å². The molecule has 1 aliphatic rings. The van der Waals surface area contributed by atoms with Crippen LogP contribution in [0.5, 0.6) is 0 Å². The number of hydrogen-bond donors (Lipinski definition) is 2. The lowest BCUT2D eigenvalue weighted by Crippen LogP contribution is -2.34. The number of hydrogen-bond acceptors (Lipinski definition) is 4. The van der Waals surface area contributed by atoms with Crippen molar-refractivity contribution in [1.29, 1.82) is 0 Å². The van der Waals surface area contributed by atoms with Crippen molar-refractivity contribution in [2.45, 2.75) is 32.3 Å². The second kappa shape index (κ2) is 6.23. The number of amides is 1. The van der Waals surface area contributed by atoms with Crippen molar-refractivity contribution >= 4 is 30.1 Å². The van der Waals surface area contributed by atoms with Crippen LogP contribution in [0.2, 0.25) is 0 Å². The molecule has 0 radical (unpaired) electrons. The first-order valence-electron chi connectivity index (χ1n) is 6.93. The molecule has 1 aliphatic heterocycles. The van der Waals surface area contributed by atoms with Crippen molar-refractivity contribution in [2.75, 3.05) is 5.32 Å². The number of carbonyl (C=O) groups is 2. The van der Waals surface area contributed by atoms with Crippen LogP contribution in [0.25, 0.3) is 0 Å². The van der Waals surface area contributed by atoms with Crippen LogP contribution in [0.1, 0.15) is 26.7 Å². The second-order valence-corrected chi connectivity index (χ2v) is 5.57. The van der Waals surface area contributed by atoms with E-state index in [0.29, 0.717) is 11.4 Å². The molecule has 0 saturated carbocycles. The van der Waals surface area contributed by atoms with Gasteiger partial charge in [0.25, 0.3) is 0 Å². The molecular weight excluding hydrogens is 285 g/mol. The topological polar surface area (TPSA) is 84.9 Å². The molecule has 0 spiro atoms. The SMILES string of the molecule is C=C1OB(c2ccc(NC(=O)CCC(=O)O)cc2)OC1(C)C. The Morgan fingerprint density at radius 3 is 2.41 bits per heavy atom. The fourth-order valence-corrected chi connectivity index (χ4v) is 1.93. The molecule has 7 heteroatoms. The predicted octanol–water partition coefficient (Wildman–Crippen LogP) is 1.52.